The molecular formula is C26H22N4O3. The van der Waals surface area contributed by atoms with Crippen LogP contribution in [0.25, 0.3) is 43.6 Å². The van der Waals surface area contributed by atoms with Crippen molar-refractivity contribution in [2.24, 2.45) is 0 Å². The Morgan fingerprint density at radius 3 is 2.33 bits per heavy atom. The molecule has 1 fully saturated rings. The van der Waals surface area contributed by atoms with Crippen LogP contribution in [-0.4, -0.2) is 59.1 Å². The van der Waals surface area contributed by atoms with Gasteiger partial charge in [-0.25, -0.2) is 0 Å². The second kappa shape index (κ2) is 6.91. The van der Waals surface area contributed by atoms with E-state index in [1.54, 1.807) is 0 Å². The molecule has 2 aliphatic rings. The number of H-pyrrole nitrogens is 1. The van der Waals surface area contributed by atoms with Crippen LogP contribution in [0.2, 0.25) is 0 Å². The molecule has 2 aliphatic heterocycles. The van der Waals surface area contributed by atoms with Crippen LogP contribution in [0.5, 0.6) is 0 Å². The highest BCUT2D eigenvalue weighted by Gasteiger charge is 2.35. The number of ether oxygens (including phenoxy) is 1. The first kappa shape index (κ1) is 18.8. The van der Waals surface area contributed by atoms with E-state index >= 15 is 0 Å². The number of aromatic amines is 1. The summed E-state index contributed by atoms with van der Waals surface area (Å²) in [4.78, 5) is 32.0. The van der Waals surface area contributed by atoms with E-state index in [0.717, 1.165) is 83.0 Å². The van der Waals surface area contributed by atoms with E-state index in [1.165, 1.54) is 0 Å². The fourth-order valence-electron chi connectivity index (χ4n) is 5.63. The van der Waals surface area contributed by atoms with Crippen molar-refractivity contribution < 1.29 is 14.3 Å². The number of nitrogens with zero attached hydrogens (tertiary/aromatic N) is 2. The minimum atomic E-state index is -0.322. The zero-order chi connectivity index (χ0) is 22.1. The molecule has 7 heteroatoms. The van der Waals surface area contributed by atoms with Crippen LogP contribution in [0.3, 0.4) is 0 Å². The van der Waals surface area contributed by atoms with Crippen molar-refractivity contribution in [3.63, 3.8) is 0 Å². The molecule has 0 atom stereocenters. The van der Waals surface area contributed by atoms with Crippen molar-refractivity contribution in [3.8, 4) is 0 Å². The fourth-order valence-corrected chi connectivity index (χ4v) is 5.63. The molecule has 3 aromatic carbocycles. The second-order valence-electron chi connectivity index (χ2n) is 8.80. The lowest BCUT2D eigenvalue weighted by molar-refractivity contribution is 0.0366. The molecule has 0 spiro atoms. The van der Waals surface area contributed by atoms with Crippen LogP contribution in [0, 0.1) is 0 Å². The monoisotopic (exact) mass is 438 g/mol. The normalized spacial score (nSPS) is 17.0. The highest BCUT2D eigenvalue weighted by Crippen LogP contribution is 2.43. The molecule has 164 valence electrons. The van der Waals surface area contributed by atoms with Crippen molar-refractivity contribution in [3.05, 3.63) is 59.7 Å². The highest BCUT2D eigenvalue weighted by molar-refractivity contribution is 6.39. The molecule has 0 unspecified atom stereocenters. The van der Waals surface area contributed by atoms with Gasteiger partial charge in [-0.05, 0) is 12.1 Å². The molecule has 0 saturated carbocycles. The van der Waals surface area contributed by atoms with Gasteiger partial charge in [-0.15, -0.1) is 0 Å². The SMILES string of the molecule is O=C1NC(=O)c2c1c1c3ccccc3[nH]c1c1c2c2ccccc2n1CCN1CCOCC1. The molecule has 0 bridgehead atoms. The summed E-state index contributed by atoms with van der Waals surface area (Å²) in [6.45, 7) is 5.03. The van der Waals surface area contributed by atoms with Gasteiger partial charge in [0.25, 0.3) is 11.8 Å². The number of nitrogens with one attached hydrogen (secondary N) is 2. The van der Waals surface area contributed by atoms with Crippen LogP contribution in [-0.2, 0) is 11.3 Å². The van der Waals surface area contributed by atoms with Crippen molar-refractivity contribution >= 4 is 55.4 Å². The molecule has 33 heavy (non-hydrogen) atoms. The maximum absolute atomic E-state index is 13.1. The number of fused-ring (bicyclic) bond motifs is 10. The van der Waals surface area contributed by atoms with Crippen molar-refractivity contribution in [2.45, 2.75) is 6.54 Å². The minimum absolute atomic E-state index is 0.316. The molecule has 0 aliphatic carbocycles. The largest absolute Gasteiger partial charge is 0.379 e. The lowest BCUT2D eigenvalue weighted by Crippen LogP contribution is -2.38. The van der Waals surface area contributed by atoms with Gasteiger partial charge < -0.3 is 14.3 Å². The summed E-state index contributed by atoms with van der Waals surface area (Å²) in [6.07, 6.45) is 0. The van der Waals surface area contributed by atoms with Crippen molar-refractivity contribution in [1.82, 2.24) is 19.8 Å². The number of para-hydroxylation sites is 2. The van der Waals surface area contributed by atoms with Crippen LogP contribution in [0.15, 0.2) is 48.5 Å². The third-order valence-corrected chi connectivity index (χ3v) is 7.09. The first-order chi connectivity index (χ1) is 16.2. The molecule has 4 heterocycles. The Hall–Kier alpha value is -3.68. The number of aromatic nitrogens is 2. The number of benzene rings is 3. The van der Waals surface area contributed by atoms with Gasteiger partial charge in [0.1, 0.15) is 0 Å². The number of imide groups is 1. The Balaban J connectivity index is 1.61. The van der Waals surface area contributed by atoms with E-state index in [0.29, 0.717) is 11.1 Å². The van der Waals surface area contributed by atoms with Gasteiger partial charge in [-0.2, -0.15) is 0 Å². The average molecular weight is 438 g/mol. The van der Waals surface area contributed by atoms with Gasteiger partial charge in [-0.3, -0.25) is 19.8 Å². The van der Waals surface area contributed by atoms with Crippen LogP contribution in [0.4, 0.5) is 0 Å². The van der Waals surface area contributed by atoms with Crippen molar-refractivity contribution in [1.29, 1.82) is 0 Å². The predicted molar refractivity (Wildman–Crippen MR) is 128 cm³/mol. The second-order valence-corrected chi connectivity index (χ2v) is 8.80. The maximum Gasteiger partial charge on any atom is 0.259 e. The molecule has 5 aromatic rings. The standard InChI is InChI=1S/C26H22N4O3/c31-25-21-19-15-5-1-3-7-17(15)27-23(19)24-20(22(21)26(32)28-25)16-6-2-4-8-18(16)30(24)10-9-29-11-13-33-14-12-29/h1-8,27H,9-14H2,(H,28,31,32). The molecule has 2 amide bonds. The van der Waals surface area contributed by atoms with E-state index < -0.39 is 0 Å². The summed E-state index contributed by atoms with van der Waals surface area (Å²) in [6, 6.07) is 16.1. The van der Waals surface area contributed by atoms with Crippen LogP contribution in [0.1, 0.15) is 20.7 Å². The third-order valence-electron chi connectivity index (χ3n) is 7.09. The zero-order valence-corrected chi connectivity index (χ0v) is 18.0. The summed E-state index contributed by atoms with van der Waals surface area (Å²) in [5, 5.41) is 6.19. The minimum Gasteiger partial charge on any atom is -0.379 e. The Bertz CT molecular complexity index is 1620. The van der Waals surface area contributed by atoms with Gasteiger partial charge >= 0.3 is 0 Å². The first-order valence-corrected chi connectivity index (χ1v) is 11.4. The summed E-state index contributed by atoms with van der Waals surface area (Å²) in [7, 11) is 0. The van der Waals surface area contributed by atoms with Crippen LogP contribution >= 0.6 is 0 Å². The lowest BCUT2D eigenvalue weighted by atomic mass is 9.97. The number of hydrogen-bond acceptors (Lipinski definition) is 4. The first-order valence-electron chi connectivity index (χ1n) is 11.4. The number of rotatable bonds is 3. The quantitative estimate of drug-likeness (QED) is 0.422. The zero-order valence-electron chi connectivity index (χ0n) is 18.0. The predicted octanol–water partition coefficient (Wildman–Crippen LogP) is 3.64. The Morgan fingerprint density at radius 2 is 1.52 bits per heavy atom. The Kier molecular flexibility index (Phi) is 3.95. The summed E-state index contributed by atoms with van der Waals surface area (Å²) >= 11 is 0. The van der Waals surface area contributed by atoms with Gasteiger partial charge in [0.2, 0.25) is 0 Å². The molecule has 2 N–H and O–H groups in total. The number of hydrogen-bond donors (Lipinski definition) is 2. The summed E-state index contributed by atoms with van der Waals surface area (Å²) in [5.74, 6) is -0.639. The van der Waals surface area contributed by atoms with Crippen LogP contribution < -0.4 is 5.32 Å². The molecule has 1 saturated heterocycles. The molecule has 7 nitrogen and oxygen atoms in total. The fraction of sp³-hybridized carbons (Fsp3) is 0.231. The molecule has 2 aromatic heterocycles. The Morgan fingerprint density at radius 1 is 0.818 bits per heavy atom. The lowest BCUT2D eigenvalue weighted by Gasteiger charge is -2.27. The highest BCUT2D eigenvalue weighted by atomic mass is 16.5. The third kappa shape index (κ3) is 2.57. The van der Waals surface area contributed by atoms with Crippen molar-refractivity contribution in [2.75, 3.05) is 32.8 Å². The van der Waals surface area contributed by atoms with E-state index in [4.69, 9.17) is 4.74 Å². The van der Waals surface area contributed by atoms with Gasteiger partial charge in [0.05, 0.1) is 35.4 Å². The van der Waals surface area contributed by atoms with E-state index in [1.807, 2.05) is 42.5 Å². The van der Waals surface area contributed by atoms with Gasteiger partial charge in [0, 0.05) is 58.8 Å². The maximum atomic E-state index is 13.1. The summed E-state index contributed by atoms with van der Waals surface area (Å²) < 4.78 is 7.82. The van der Waals surface area contributed by atoms with Gasteiger partial charge in [-0.1, -0.05) is 36.4 Å². The average Bonchev–Trinajstić information content (AvgIpc) is 3.47. The van der Waals surface area contributed by atoms with E-state index in [2.05, 4.69) is 25.8 Å². The molecular weight excluding hydrogens is 416 g/mol. The number of amides is 2. The molecule has 7 rings (SSSR count). The smallest absolute Gasteiger partial charge is 0.259 e. The number of carbonyl (C=O) groups is 2. The molecule has 0 radical (unpaired) electrons. The van der Waals surface area contributed by atoms with E-state index in [9.17, 15) is 9.59 Å². The number of carbonyl (C=O) groups excluding carboxylic acids is 2. The topological polar surface area (TPSA) is 79.4 Å². The number of morpholine rings is 1. The Labute approximate surface area is 188 Å². The summed E-state index contributed by atoms with van der Waals surface area (Å²) in [5.41, 5.74) is 4.90. The van der Waals surface area contributed by atoms with Gasteiger partial charge in [0.15, 0.2) is 0 Å². The van der Waals surface area contributed by atoms with E-state index in [-0.39, 0.29) is 11.8 Å².